The monoisotopic (exact) mass is 798 g/mol. The molecule has 61 heavy (non-hydrogen) atoms. The Labute approximate surface area is 350 Å². The molecule has 0 spiro atoms. The smallest absolute Gasteiger partial charge is 0.145 e. The highest BCUT2D eigenvalue weighted by atomic mass is 32.1. The number of benzene rings is 7. The second-order valence-corrected chi connectivity index (χ2v) is 16.7. The second kappa shape index (κ2) is 12.3. The number of pyridine rings is 2. The molecule has 0 fully saturated rings. The summed E-state index contributed by atoms with van der Waals surface area (Å²) in [7, 11) is 0. The first-order valence-corrected chi connectivity index (χ1v) is 21.2. The van der Waals surface area contributed by atoms with Crippen LogP contribution in [-0.4, -0.2) is 19.1 Å². The SMILES string of the molecule is c1ccc2c(c1)oc1ccc(-c3ccc4c(c3)c3cccnc3n4-c3ccc4scc(-n5c6ccc(-c7ccc8oc9ccccc9c8c7)cc6c6cccnc65)c4c3)cc12. The third-order valence-corrected chi connectivity index (χ3v) is 13.5. The van der Waals surface area contributed by atoms with Crippen LogP contribution in [0.1, 0.15) is 0 Å². The van der Waals surface area contributed by atoms with E-state index in [9.17, 15) is 0 Å². The minimum Gasteiger partial charge on any atom is -0.456 e. The van der Waals surface area contributed by atoms with E-state index in [1.165, 1.54) is 4.70 Å². The molecule has 0 N–H and O–H groups in total. The van der Waals surface area contributed by atoms with Gasteiger partial charge in [-0.1, -0.05) is 60.7 Å². The number of hydrogen-bond donors (Lipinski definition) is 0. The van der Waals surface area contributed by atoms with Gasteiger partial charge in [-0.25, -0.2) is 9.97 Å². The first-order valence-electron chi connectivity index (χ1n) is 20.4. The highest BCUT2D eigenvalue weighted by Gasteiger charge is 2.20. The van der Waals surface area contributed by atoms with Crippen LogP contribution in [0, 0.1) is 0 Å². The Balaban J connectivity index is 0.918. The number of rotatable bonds is 4. The van der Waals surface area contributed by atoms with E-state index in [1.54, 1.807) is 11.3 Å². The average Bonchev–Trinajstić information content (AvgIpc) is 4.13. The number of fused-ring (bicyclic) bond motifs is 13. The normalized spacial score (nSPS) is 12.3. The van der Waals surface area contributed by atoms with Crippen LogP contribution in [0.4, 0.5) is 0 Å². The molecule has 6 nitrogen and oxygen atoms in total. The lowest BCUT2D eigenvalue weighted by Gasteiger charge is -2.10. The van der Waals surface area contributed by atoms with Gasteiger partial charge in [0.15, 0.2) is 0 Å². The molecule has 7 aromatic carbocycles. The zero-order valence-corrected chi connectivity index (χ0v) is 33.2. The van der Waals surface area contributed by atoms with Crippen LogP contribution in [0.2, 0.25) is 0 Å². The van der Waals surface area contributed by atoms with Gasteiger partial charge >= 0.3 is 0 Å². The van der Waals surface area contributed by atoms with Crippen molar-refractivity contribution in [2.45, 2.75) is 0 Å². The maximum Gasteiger partial charge on any atom is 0.145 e. The van der Waals surface area contributed by atoms with E-state index in [0.717, 1.165) is 127 Å². The molecule has 14 rings (SSSR count). The van der Waals surface area contributed by atoms with Crippen LogP contribution in [-0.2, 0) is 0 Å². The van der Waals surface area contributed by atoms with Crippen molar-refractivity contribution in [1.29, 1.82) is 0 Å². The van der Waals surface area contributed by atoms with Crippen molar-refractivity contribution in [3.8, 4) is 33.6 Å². The maximum absolute atomic E-state index is 6.15. The quantitative estimate of drug-likeness (QED) is 0.178. The third-order valence-electron chi connectivity index (χ3n) is 12.5. The molecule has 0 atom stereocenters. The van der Waals surface area contributed by atoms with E-state index in [-0.39, 0.29) is 0 Å². The zero-order chi connectivity index (χ0) is 39.8. The summed E-state index contributed by atoms with van der Waals surface area (Å²) in [5, 5.41) is 12.5. The molecule has 0 saturated carbocycles. The van der Waals surface area contributed by atoms with Crippen LogP contribution in [0.25, 0.3) is 131 Å². The molecule has 7 aromatic heterocycles. The molecule has 0 saturated heterocycles. The Morgan fingerprint density at radius 3 is 1.48 bits per heavy atom. The van der Waals surface area contributed by atoms with Gasteiger partial charge in [-0.3, -0.25) is 9.13 Å². The summed E-state index contributed by atoms with van der Waals surface area (Å²) in [5.74, 6) is 0. The van der Waals surface area contributed by atoms with Crippen LogP contribution < -0.4 is 0 Å². The summed E-state index contributed by atoms with van der Waals surface area (Å²) in [6.45, 7) is 0. The molecule has 0 amide bonds. The number of furan rings is 2. The van der Waals surface area contributed by atoms with Crippen LogP contribution >= 0.6 is 11.3 Å². The van der Waals surface area contributed by atoms with Crippen molar-refractivity contribution in [3.63, 3.8) is 0 Å². The lowest BCUT2D eigenvalue weighted by atomic mass is 10.0. The summed E-state index contributed by atoms with van der Waals surface area (Å²) < 4.78 is 18.1. The molecule has 14 aromatic rings. The van der Waals surface area contributed by atoms with Gasteiger partial charge < -0.3 is 8.83 Å². The lowest BCUT2D eigenvalue weighted by Crippen LogP contribution is -1.97. The van der Waals surface area contributed by atoms with E-state index in [1.807, 2.05) is 48.8 Å². The second-order valence-electron chi connectivity index (χ2n) is 15.8. The summed E-state index contributed by atoms with van der Waals surface area (Å²) in [4.78, 5) is 9.98. The molecule has 7 heteroatoms. The minimum atomic E-state index is 0.897. The molecule has 0 radical (unpaired) electrons. The Morgan fingerprint density at radius 2 is 0.869 bits per heavy atom. The molecule has 0 bridgehead atoms. The highest BCUT2D eigenvalue weighted by molar-refractivity contribution is 7.17. The largest absolute Gasteiger partial charge is 0.456 e. The number of para-hydroxylation sites is 2. The topological polar surface area (TPSA) is 61.9 Å². The van der Waals surface area contributed by atoms with Crippen molar-refractivity contribution < 1.29 is 8.83 Å². The Morgan fingerprint density at radius 1 is 0.377 bits per heavy atom. The van der Waals surface area contributed by atoms with E-state index < -0.39 is 0 Å². The van der Waals surface area contributed by atoms with Gasteiger partial charge in [0.2, 0.25) is 0 Å². The molecule has 7 heterocycles. The van der Waals surface area contributed by atoms with Crippen molar-refractivity contribution >= 4 is 109 Å². The van der Waals surface area contributed by atoms with Crippen LogP contribution in [0.15, 0.2) is 190 Å². The van der Waals surface area contributed by atoms with E-state index in [2.05, 4.69) is 142 Å². The number of aromatic nitrogens is 4. The van der Waals surface area contributed by atoms with E-state index in [0.29, 0.717) is 0 Å². The van der Waals surface area contributed by atoms with E-state index in [4.69, 9.17) is 18.8 Å². The molecule has 0 unspecified atom stereocenters. The average molecular weight is 799 g/mol. The van der Waals surface area contributed by atoms with Crippen molar-refractivity contribution in [2.75, 3.05) is 0 Å². The van der Waals surface area contributed by atoms with Gasteiger partial charge in [0.25, 0.3) is 0 Å². The van der Waals surface area contributed by atoms with Crippen molar-refractivity contribution in [3.05, 3.63) is 182 Å². The molecule has 0 aliphatic heterocycles. The third kappa shape index (κ3) is 4.72. The minimum absolute atomic E-state index is 0.897. The lowest BCUT2D eigenvalue weighted by molar-refractivity contribution is 0.668. The number of nitrogens with zero attached hydrogens (tertiary/aromatic N) is 4. The standard InChI is InChI=1S/C54H30N4O2S/c1-3-11-48-36(7-1)42-27-33(15-20-50(42)59-48)31-13-18-45-40(25-31)38-9-5-23-55-53(38)57(45)35-17-22-52-44(29-35)47(30-61-52)58-46-19-14-32(26-41(46)39-10-6-24-56-54(39)58)34-16-21-51-43(28-34)37-8-2-4-12-49(37)60-51/h1-30H. The van der Waals surface area contributed by atoms with Crippen molar-refractivity contribution in [1.82, 2.24) is 19.1 Å². The van der Waals surface area contributed by atoms with Gasteiger partial charge in [0.1, 0.15) is 33.6 Å². The zero-order valence-electron chi connectivity index (χ0n) is 32.3. The maximum atomic E-state index is 6.15. The van der Waals surface area contributed by atoms with Crippen LogP contribution in [0.3, 0.4) is 0 Å². The van der Waals surface area contributed by atoms with E-state index >= 15 is 0 Å². The Bertz CT molecular complexity index is 4140. The Hall–Kier alpha value is -8.00. The van der Waals surface area contributed by atoms with Crippen LogP contribution in [0.5, 0.6) is 0 Å². The fourth-order valence-electron chi connectivity index (χ4n) is 9.68. The summed E-state index contributed by atoms with van der Waals surface area (Å²) >= 11 is 1.76. The molecular formula is C54H30N4O2S. The molecule has 0 aliphatic carbocycles. The molecular weight excluding hydrogens is 769 g/mol. The number of thiophene rings is 1. The van der Waals surface area contributed by atoms with Gasteiger partial charge in [-0.15, -0.1) is 11.3 Å². The summed E-state index contributed by atoms with van der Waals surface area (Å²) in [6.07, 6.45) is 3.78. The number of hydrogen-bond acceptors (Lipinski definition) is 5. The first-order chi connectivity index (χ1) is 30.2. The predicted octanol–water partition coefficient (Wildman–Crippen LogP) is 15.0. The fraction of sp³-hybridized carbons (Fsp3) is 0. The Kier molecular flexibility index (Phi) is 6.62. The van der Waals surface area contributed by atoms with Gasteiger partial charge in [-0.2, -0.15) is 0 Å². The first kappa shape index (κ1) is 32.9. The predicted molar refractivity (Wildman–Crippen MR) is 252 cm³/mol. The molecule has 0 aliphatic rings. The highest BCUT2D eigenvalue weighted by Crippen LogP contribution is 2.42. The summed E-state index contributed by atoms with van der Waals surface area (Å²) in [6, 6.07) is 58.2. The van der Waals surface area contributed by atoms with Crippen molar-refractivity contribution in [2.24, 2.45) is 0 Å². The van der Waals surface area contributed by atoms with Gasteiger partial charge in [0.05, 0.1) is 16.7 Å². The van der Waals surface area contributed by atoms with Gasteiger partial charge in [-0.05, 0) is 125 Å². The van der Waals surface area contributed by atoms with Gasteiger partial charge in [0, 0.05) is 76.6 Å². The fourth-order valence-corrected chi connectivity index (χ4v) is 10.6. The summed E-state index contributed by atoms with van der Waals surface area (Å²) in [5.41, 5.74) is 14.5. The molecule has 284 valence electrons.